The molecule has 1 heterocycles. The number of aryl methyl sites for hydroxylation is 1. The molecular weight excluding hydrogens is 362 g/mol. The first-order chi connectivity index (χ1) is 14.1. The number of hydrogen-bond acceptors (Lipinski definition) is 1. The van der Waals surface area contributed by atoms with Gasteiger partial charge in [-0.1, -0.05) is 79.6 Å². The van der Waals surface area contributed by atoms with E-state index in [9.17, 15) is 0 Å². The number of hydrogen-bond donors (Lipinski definition) is 0. The number of benzene rings is 1. The lowest BCUT2D eigenvalue weighted by atomic mass is 10.0. The summed E-state index contributed by atoms with van der Waals surface area (Å²) >= 11 is 0. The fourth-order valence-corrected chi connectivity index (χ4v) is 3.48. The van der Waals surface area contributed by atoms with Crippen LogP contribution in [0, 0.1) is 18.8 Å². The molecule has 0 radical (unpaired) electrons. The van der Waals surface area contributed by atoms with Crippen molar-refractivity contribution in [2.24, 2.45) is 11.8 Å². The van der Waals surface area contributed by atoms with Gasteiger partial charge in [0, 0.05) is 19.6 Å². The molecule has 0 bridgehead atoms. The Bertz CT molecular complexity index is 659. The van der Waals surface area contributed by atoms with Crippen molar-refractivity contribution < 1.29 is 0 Å². The summed E-state index contributed by atoms with van der Waals surface area (Å²) in [6.07, 6.45) is 8.35. The van der Waals surface area contributed by atoms with Gasteiger partial charge in [0.25, 0.3) is 0 Å². The van der Waals surface area contributed by atoms with Crippen molar-refractivity contribution >= 4 is 5.57 Å². The van der Waals surface area contributed by atoms with Gasteiger partial charge in [-0.25, -0.2) is 0 Å². The van der Waals surface area contributed by atoms with Crippen LogP contribution in [-0.2, 0) is 0 Å². The number of nitrogens with zero attached hydrogens (tertiary/aromatic N) is 1. The summed E-state index contributed by atoms with van der Waals surface area (Å²) in [4.78, 5) is 2.66. The van der Waals surface area contributed by atoms with E-state index in [0.717, 1.165) is 18.4 Å². The molecule has 1 heteroatoms. The normalized spacial score (nSPS) is 20.1. The van der Waals surface area contributed by atoms with Gasteiger partial charge in [0.05, 0.1) is 0 Å². The molecule has 2 atom stereocenters. The number of likely N-dealkylation sites (tertiary alicyclic amines) is 1. The topological polar surface area (TPSA) is 3.24 Å². The Morgan fingerprint density at radius 3 is 1.83 bits per heavy atom. The van der Waals surface area contributed by atoms with Gasteiger partial charge >= 0.3 is 0 Å². The Morgan fingerprint density at radius 1 is 1.00 bits per heavy atom. The van der Waals surface area contributed by atoms with Crippen molar-refractivity contribution in [2.45, 2.75) is 68.2 Å². The first-order valence-electron chi connectivity index (χ1n) is 11.4. The van der Waals surface area contributed by atoms with E-state index in [2.05, 4.69) is 76.9 Å². The largest absolute Gasteiger partial charge is 0.299 e. The summed E-state index contributed by atoms with van der Waals surface area (Å²) in [5.41, 5.74) is 6.83. The number of allylic oxidation sites excluding steroid dienone is 5. The quantitative estimate of drug-likeness (QED) is 0.356. The van der Waals surface area contributed by atoms with Crippen molar-refractivity contribution in [1.82, 2.24) is 4.90 Å². The monoisotopic (exact) mass is 409 g/mol. The summed E-state index contributed by atoms with van der Waals surface area (Å²) < 4.78 is 0. The summed E-state index contributed by atoms with van der Waals surface area (Å²) in [5, 5.41) is 0. The predicted molar refractivity (Wildman–Crippen MR) is 139 cm³/mol. The first-order valence-corrected chi connectivity index (χ1v) is 11.4. The highest BCUT2D eigenvalue weighted by Gasteiger charge is 2.19. The molecule has 1 aliphatic rings. The van der Waals surface area contributed by atoms with Crippen LogP contribution in [0.5, 0.6) is 0 Å². The molecule has 30 heavy (non-hydrogen) atoms. The molecule has 2 rings (SSSR count). The summed E-state index contributed by atoms with van der Waals surface area (Å²) in [5.74, 6) is 1.67. The third kappa shape index (κ3) is 13.4. The van der Waals surface area contributed by atoms with E-state index in [1.807, 2.05) is 32.9 Å². The molecule has 0 N–H and O–H groups in total. The van der Waals surface area contributed by atoms with Crippen LogP contribution in [0.2, 0.25) is 0 Å². The van der Waals surface area contributed by atoms with Gasteiger partial charge in [0.1, 0.15) is 0 Å². The molecule has 0 aliphatic carbocycles. The summed E-state index contributed by atoms with van der Waals surface area (Å²) in [6, 6.07) is 8.92. The van der Waals surface area contributed by atoms with Crippen LogP contribution in [0.4, 0.5) is 0 Å². The Hall–Kier alpha value is -1.86. The lowest BCUT2D eigenvalue weighted by Crippen LogP contribution is -2.31. The molecule has 1 aromatic carbocycles. The van der Waals surface area contributed by atoms with Crippen LogP contribution in [0.15, 0.2) is 66.8 Å². The zero-order valence-electron chi connectivity index (χ0n) is 21.1. The van der Waals surface area contributed by atoms with Gasteiger partial charge in [0.15, 0.2) is 0 Å². The maximum absolute atomic E-state index is 3.56. The third-order valence-corrected chi connectivity index (χ3v) is 5.21. The standard InChI is InChI=1S/C20H31N.C5H8.C4H8/c1-15-8-10-20(11-9-15)19(5)18(4)14-21-12-16(2)6-7-17(3)13-21;1-3-5-4-2;1-4(2)3/h8-11,16-17H,6-7,12-14H2,1-5H3;3-5H,1H2,2H3;1H2,2-3H3/b19-18-;5-4-;. The molecule has 168 valence electrons. The van der Waals surface area contributed by atoms with E-state index in [4.69, 9.17) is 0 Å². The SMILES string of the molecule is C/C(CN1CC(C)CCC(C)C1)=C(\C)c1ccc(C)cc1.C=C(C)C.C=C/C=C\C. The van der Waals surface area contributed by atoms with E-state index in [1.165, 1.54) is 53.8 Å². The van der Waals surface area contributed by atoms with Crippen LogP contribution in [0.25, 0.3) is 5.57 Å². The zero-order valence-corrected chi connectivity index (χ0v) is 21.1. The second-order valence-corrected chi connectivity index (χ2v) is 9.22. The van der Waals surface area contributed by atoms with Crippen LogP contribution in [0.1, 0.15) is 72.4 Å². The number of rotatable bonds is 4. The minimum atomic E-state index is 0.836. The van der Waals surface area contributed by atoms with Crippen molar-refractivity contribution in [3.05, 3.63) is 77.9 Å². The first kappa shape index (κ1) is 28.1. The second kappa shape index (κ2) is 15.9. The average molecular weight is 410 g/mol. The van der Waals surface area contributed by atoms with Crippen molar-refractivity contribution in [3.63, 3.8) is 0 Å². The molecule has 1 aliphatic heterocycles. The van der Waals surface area contributed by atoms with E-state index >= 15 is 0 Å². The third-order valence-electron chi connectivity index (χ3n) is 5.21. The van der Waals surface area contributed by atoms with Gasteiger partial charge in [-0.2, -0.15) is 0 Å². The summed E-state index contributed by atoms with van der Waals surface area (Å²) in [6.45, 7) is 28.1. The molecule has 1 saturated heterocycles. The molecule has 1 fully saturated rings. The molecule has 1 nitrogen and oxygen atoms in total. The fraction of sp³-hybridized carbons (Fsp3) is 0.517. The van der Waals surface area contributed by atoms with Crippen molar-refractivity contribution in [1.29, 1.82) is 0 Å². The van der Waals surface area contributed by atoms with Gasteiger partial charge in [-0.15, -0.1) is 6.58 Å². The Balaban J connectivity index is 0.000000789. The zero-order chi connectivity index (χ0) is 23.1. The van der Waals surface area contributed by atoms with E-state index in [-0.39, 0.29) is 0 Å². The molecule has 0 spiro atoms. The van der Waals surface area contributed by atoms with Crippen LogP contribution >= 0.6 is 0 Å². The second-order valence-electron chi connectivity index (χ2n) is 9.22. The highest BCUT2D eigenvalue weighted by molar-refractivity contribution is 5.67. The fourth-order valence-electron chi connectivity index (χ4n) is 3.48. The van der Waals surface area contributed by atoms with Crippen LogP contribution < -0.4 is 0 Å². The molecule has 2 unspecified atom stereocenters. The molecule has 0 aromatic heterocycles. The van der Waals surface area contributed by atoms with E-state index in [1.54, 1.807) is 6.08 Å². The molecule has 0 amide bonds. The van der Waals surface area contributed by atoms with Gasteiger partial charge in [-0.05, 0) is 77.4 Å². The minimum Gasteiger partial charge on any atom is -0.299 e. The lowest BCUT2D eigenvalue weighted by molar-refractivity contribution is 0.256. The summed E-state index contributed by atoms with van der Waals surface area (Å²) in [7, 11) is 0. The minimum absolute atomic E-state index is 0.836. The van der Waals surface area contributed by atoms with E-state index in [0.29, 0.717) is 0 Å². The highest BCUT2D eigenvalue weighted by Crippen LogP contribution is 2.23. The lowest BCUT2D eigenvalue weighted by Gasteiger charge is -2.25. The Labute approximate surface area is 188 Å². The van der Waals surface area contributed by atoms with E-state index < -0.39 is 0 Å². The van der Waals surface area contributed by atoms with Gasteiger partial charge in [-0.3, -0.25) is 4.90 Å². The van der Waals surface area contributed by atoms with Gasteiger partial charge in [0.2, 0.25) is 0 Å². The molecule has 0 saturated carbocycles. The maximum Gasteiger partial charge on any atom is 0.0196 e. The van der Waals surface area contributed by atoms with Crippen LogP contribution in [-0.4, -0.2) is 24.5 Å². The maximum atomic E-state index is 3.56. The Kier molecular flexibility index (Phi) is 14.9. The van der Waals surface area contributed by atoms with Crippen LogP contribution in [0.3, 0.4) is 0 Å². The predicted octanol–water partition coefficient (Wildman–Crippen LogP) is 8.49. The van der Waals surface area contributed by atoms with Crippen molar-refractivity contribution in [3.8, 4) is 0 Å². The highest BCUT2D eigenvalue weighted by atomic mass is 15.1. The van der Waals surface area contributed by atoms with Gasteiger partial charge < -0.3 is 0 Å². The Morgan fingerprint density at radius 2 is 1.47 bits per heavy atom. The average Bonchev–Trinajstić information content (AvgIpc) is 2.82. The van der Waals surface area contributed by atoms with Crippen molar-refractivity contribution in [2.75, 3.05) is 19.6 Å². The smallest absolute Gasteiger partial charge is 0.0196 e. The molecule has 1 aromatic rings. The molecular formula is C29H47N.